The van der Waals surface area contributed by atoms with Crippen LogP contribution in [0.3, 0.4) is 0 Å². The van der Waals surface area contributed by atoms with Crippen LogP contribution in [0.4, 0.5) is 0 Å². The molecule has 0 radical (unpaired) electrons. The third-order valence-electron chi connectivity index (χ3n) is 4.01. The molecule has 1 aromatic heterocycles. The largest absolute Gasteiger partial charge is 0.312 e. The molecule has 1 unspecified atom stereocenters. The van der Waals surface area contributed by atoms with E-state index in [2.05, 4.69) is 42.2 Å². The maximum absolute atomic E-state index is 4.64. The molecule has 1 saturated heterocycles. The van der Waals surface area contributed by atoms with E-state index in [0.717, 1.165) is 0 Å². The van der Waals surface area contributed by atoms with Crippen LogP contribution in [0.2, 0.25) is 0 Å². The minimum absolute atomic E-state index is 0.423. The molecule has 2 heterocycles. The molecule has 102 valence electrons. The second-order valence-electron chi connectivity index (χ2n) is 5.52. The van der Waals surface area contributed by atoms with Crippen molar-refractivity contribution in [3.05, 3.63) is 16.1 Å². The summed E-state index contributed by atoms with van der Waals surface area (Å²) in [5.41, 5.74) is 0. The van der Waals surface area contributed by atoms with Gasteiger partial charge in [0.15, 0.2) is 0 Å². The van der Waals surface area contributed by atoms with Crippen molar-refractivity contribution >= 4 is 11.3 Å². The number of piperidine rings is 1. The summed E-state index contributed by atoms with van der Waals surface area (Å²) >= 11 is 1.89. The summed E-state index contributed by atoms with van der Waals surface area (Å²) in [4.78, 5) is 8.57. The zero-order valence-electron chi connectivity index (χ0n) is 11.9. The third-order valence-corrected chi connectivity index (χ3v) is 5.35. The Morgan fingerprint density at radius 1 is 1.33 bits per heavy atom. The lowest BCUT2D eigenvalue weighted by atomic mass is 9.97. The molecule has 1 fully saturated rings. The Labute approximate surface area is 115 Å². The molecule has 1 aromatic rings. The Balaban J connectivity index is 1.95. The maximum Gasteiger partial charge on any atom is 0.0960 e. The summed E-state index contributed by atoms with van der Waals surface area (Å²) in [6.07, 6.45) is 4.58. The molecule has 0 aromatic carbocycles. The lowest BCUT2D eigenvalue weighted by Crippen LogP contribution is -2.37. The Morgan fingerprint density at radius 3 is 2.56 bits per heavy atom. The Kier molecular flexibility index (Phi) is 4.76. The lowest BCUT2D eigenvalue weighted by molar-refractivity contribution is 0.172. The molecule has 4 heteroatoms. The average Bonchev–Trinajstić information content (AvgIpc) is 2.87. The van der Waals surface area contributed by atoms with Gasteiger partial charge in [0.05, 0.1) is 5.01 Å². The van der Waals surface area contributed by atoms with E-state index < -0.39 is 0 Å². The van der Waals surface area contributed by atoms with Gasteiger partial charge >= 0.3 is 0 Å². The van der Waals surface area contributed by atoms with Crippen molar-refractivity contribution in [3.8, 4) is 0 Å². The number of aromatic nitrogens is 1. The fourth-order valence-electron chi connectivity index (χ4n) is 2.49. The highest BCUT2D eigenvalue weighted by Crippen LogP contribution is 2.33. The van der Waals surface area contributed by atoms with Crippen LogP contribution in [-0.2, 0) is 0 Å². The van der Waals surface area contributed by atoms with Gasteiger partial charge in [0, 0.05) is 29.1 Å². The number of rotatable bonds is 4. The Hall–Kier alpha value is -0.450. The topological polar surface area (TPSA) is 28.2 Å². The minimum Gasteiger partial charge on any atom is -0.312 e. The first-order valence-corrected chi connectivity index (χ1v) is 7.80. The van der Waals surface area contributed by atoms with Crippen LogP contribution in [0.5, 0.6) is 0 Å². The molecule has 1 N–H and O–H groups in total. The molecule has 1 aliphatic rings. The number of nitrogens with zero attached hydrogens (tertiary/aromatic N) is 2. The summed E-state index contributed by atoms with van der Waals surface area (Å²) in [6, 6.07) is 1.11. The molecular weight excluding hydrogens is 242 g/mol. The monoisotopic (exact) mass is 267 g/mol. The maximum atomic E-state index is 4.64. The molecule has 1 aliphatic heterocycles. The van der Waals surface area contributed by atoms with Gasteiger partial charge in [-0.25, -0.2) is 4.98 Å². The third kappa shape index (κ3) is 3.11. The summed E-state index contributed by atoms with van der Waals surface area (Å²) in [5.74, 6) is 0.683. The molecule has 18 heavy (non-hydrogen) atoms. The van der Waals surface area contributed by atoms with Crippen molar-refractivity contribution in [1.29, 1.82) is 0 Å². The quantitative estimate of drug-likeness (QED) is 0.909. The number of hydrogen-bond acceptors (Lipinski definition) is 4. The molecule has 0 bridgehead atoms. The van der Waals surface area contributed by atoms with Crippen molar-refractivity contribution in [2.45, 2.75) is 51.6 Å². The van der Waals surface area contributed by atoms with E-state index in [9.17, 15) is 0 Å². The number of likely N-dealkylation sites (tertiary alicyclic amines) is 1. The van der Waals surface area contributed by atoms with Crippen LogP contribution in [-0.4, -0.2) is 36.1 Å². The average molecular weight is 267 g/mol. The van der Waals surface area contributed by atoms with Crippen molar-refractivity contribution in [1.82, 2.24) is 15.2 Å². The van der Waals surface area contributed by atoms with E-state index >= 15 is 0 Å². The van der Waals surface area contributed by atoms with Gasteiger partial charge in [-0.3, -0.25) is 0 Å². The SMILES string of the molecule is CNC(C)c1cnc(C2CCN(C(C)C)CC2)s1. The summed E-state index contributed by atoms with van der Waals surface area (Å²) in [5, 5.41) is 4.62. The first-order chi connectivity index (χ1) is 8.61. The Morgan fingerprint density at radius 2 is 2.00 bits per heavy atom. The number of nitrogens with one attached hydrogen (secondary N) is 1. The summed E-state index contributed by atoms with van der Waals surface area (Å²) in [7, 11) is 2.01. The predicted molar refractivity (Wildman–Crippen MR) is 78.3 cm³/mol. The first kappa shape index (κ1) is 14.0. The Bertz CT molecular complexity index is 367. The van der Waals surface area contributed by atoms with E-state index in [4.69, 9.17) is 0 Å². The molecule has 3 nitrogen and oxygen atoms in total. The van der Waals surface area contributed by atoms with Gasteiger partial charge in [-0.1, -0.05) is 0 Å². The van der Waals surface area contributed by atoms with E-state index in [0.29, 0.717) is 18.0 Å². The second-order valence-corrected chi connectivity index (χ2v) is 6.61. The fraction of sp³-hybridized carbons (Fsp3) is 0.786. The van der Waals surface area contributed by atoms with Crippen molar-refractivity contribution in [3.63, 3.8) is 0 Å². The van der Waals surface area contributed by atoms with Crippen LogP contribution in [0.25, 0.3) is 0 Å². The predicted octanol–water partition coefficient (Wildman–Crippen LogP) is 3.01. The fourth-order valence-corrected chi connectivity index (χ4v) is 3.64. The van der Waals surface area contributed by atoms with Gasteiger partial charge in [0.25, 0.3) is 0 Å². The van der Waals surface area contributed by atoms with Crippen LogP contribution in [0.15, 0.2) is 6.20 Å². The molecular formula is C14H25N3S. The lowest BCUT2D eigenvalue weighted by Gasteiger charge is -2.33. The molecule has 0 amide bonds. The van der Waals surface area contributed by atoms with Gasteiger partial charge in [-0.15, -0.1) is 11.3 Å². The molecule has 1 atom stereocenters. The van der Waals surface area contributed by atoms with Gasteiger partial charge in [-0.2, -0.15) is 0 Å². The molecule has 0 aliphatic carbocycles. The van der Waals surface area contributed by atoms with Crippen molar-refractivity contribution in [2.24, 2.45) is 0 Å². The minimum atomic E-state index is 0.423. The van der Waals surface area contributed by atoms with E-state index in [1.54, 1.807) is 0 Å². The molecule has 0 spiro atoms. The zero-order valence-corrected chi connectivity index (χ0v) is 12.8. The van der Waals surface area contributed by atoms with Crippen molar-refractivity contribution in [2.75, 3.05) is 20.1 Å². The normalized spacial score (nSPS) is 20.5. The van der Waals surface area contributed by atoms with Crippen LogP contribution in [0, 0.1) is 0 Å². The van der Waals surface area contributed by atoms with Crippen molar-refractivity contribution < 1.29 is 0 Å². The first-order valence-electron chi connectivity index (χ1n) is 6.98. The van der Waals surface area contributed by atoms with Gasteiger partial charge in [0.2, 0.25) is 0 Å². The second kappa shape index (κ2) is 6.13. The van der Waals surface area contributed by atoms with Crippen LogP contribution >= 0.6 is 11.3 Å². The number of hydrogen-bond donors (Lipinski definition) is 1. The smallest absolute Gasteiger partial charge is 0.0960 e. The molecule has 2 rings (SSSR count). The van der Waals surface area contributed by atoms with E-state index in [-0.39, 0.29) is 0 Å². The summed E-state index contributed by atoms with van der Waals surface area (Å²) < 4.78 is 0. The summed E-state index contributed by atoms with van der Waals surface area (Å²) in [6.45, 7) is 9.21. The highest BCUT2D eigenvalue weighted by Gasteiger charge is 2.24. The molecule has 0 saturated carbocycles. The van der Waals surface area contributed by atoms with Gasteiger partial charge in [-0.05, 0) is 53.8 Å². The van der Waals surface area contributed by atoms with Gasteiger partial charge < -0.3 is 10.2 Å². The van der Waals surface area contributed by atoms with E-state index in [1.165, 1.54) is 35.8 Å². The highest BCUT2D eigenvalue weighted by molar-refractivity contribution is 7.11. The van der Waals surface area contributed by atoms with Crippen LogP contribution < -0.4 is 5.32 Å². The zero-order chi connectivity index (χ0) is 13.1. The van der Waals surface area contributed by atoms with Gasteiger partial charge in [0.1, 0.15) is 0 Å². The number of thiazole rings is 1. The highest BCUT2D eigenvalue weighted by atomic mass is 32.1. The van der Waals surface area contributed by atoms with E-state index in [1.807, 2.05) is 18.4 Å². The van der Waals surface area contributed by atoms with Crippen LogP contribution in [0.1, 0.15) is 55.5 Å². The standard InChI is InChI=1S/C14H25N3S/c1-10(2)17-7-5-12(6-8-17)14-16-9-13(18-14)11(3)15-4/h9-12,15H,5-8H2,1-4H3.